The van der Waals surface area contributed by atoms with Gasteiger partial charge in [0, 0.05) is 51.5 Å². The van der Waals surface area contributed by atoms with Gasteiger partial charge in [0.2, 0.25) is 0 Å². The maximum absolute atomic E-state index is 5.84. The zero-order chi connectivity index (χ0) is 16.9. The predicted octanol–water partition coefficient (Wildman–Crippen LogP) is 2.32. The summed E-state index contributed by atoms with van der Waals surface area (Å²) in [6.07, 6.45) is 4.58. The van der Waals surface area contributed by atoms with E-state index in [2.05, 4.69) is 59.6 Å². The molecule has 3 rings (SSSR count). The first-order valence-corrected chi connectivity index (χ1v) is 8.73. The molecular formula is C19H28N4O. The second-order valence-corrected chi connectivity index (χ2v) is 6.85. The lowest BCUT2D eigenvalue weighted by atomic mass is 10.1. The van der Waals surface area contributed by atoms with Gasteiger partial charge >= 0.3 is 0 Å². The summed E-state index contributed by atoms with van der Waals surface area (Å²) < 4.78 is 7.68. The Labute approximate surface area is 144 Å². The van der Waals surface area contributed by atoms with E-state index in [-0.39, 0.29) is 0 Å². The highest BCUT2D eigenvalue weighted by Crippen LogP contribution is 2.17. The summed E-state index contributed by atoms with van der Waals surface area (Å²) in [5.74, 6) is 0. The van der Waals surface area contributed by atoms with Crippen LogP contribution in [0.2, 0.25) is 0 Å². The number of ether oxygens (including phenoxy) is 1. The number of aromatic nitrogens is 2. The average Bonchev–Trinajstić information content (AvgIpc) is 2.93. The van der Waals surface area contributed by atoms with Gasteiger partial charge in [-0.25, -0.2) is 0 Å². The third kappa shape index (κ3) is 4.66. The number of aryl methyl sites for hydroxylation is 1. The molecule has 1 N–H and O–H groups in total. The van der Waals surface area contributed by atoms with Crippen LogP contribution < -0.4 is 5.32 Å². The van der Waals surface area contributed by atoms with Crippen LogP contribution in [0.4, 0.5) is 0 Å². The molecule has 130 valence electrons. The fourth-order valence-corrected chi connectivity index (χ4v) is 3.44. The minimum atomic E-state index is 0.310. The number of morpholine rings is 1. The summed E-state index contributed by atoms with van der Waals surface area (Å²) in [7, 11) is 1.95. The van der Waals surface area contributed by atoms with Gasteiger partial charge in [-0.1, -0.05) is 24.3 Å². The Balaban J connectivity index is 1.58. The number of hydrogen-bond acceptors (Lipinski definition) is 4. The number of nitrogens with zero attached hydrogens (tertiary/aromatic N) is 3. The smallest absolute Gasteiger partial charge is 0.0678 e. The van der Waals surface area contributed by atoms with Crippen molar-refractivity contribution in [3.05, 3.63) is 53.3 Å². The lowest BCUT2D eigenvalue weighted by Crippen LogP contribution is -2.45. The van der Waals surface area contributed by atoms with E-state index in [1.54, 1.807) is 0 Å². The lowest BCUT2D eigenvalue weighted by Gasteiger charge is -2.35. The van der Waals surface area contributed by atoms with Crippen LogP contribution in [0.1, 0.15) is 30.5 Å². The molecule has 0 radical (unpaired) electrons. The van der Waals surface area contributed by atoms with Crippen molar-refractivity contribution in [1.82, 2.24) is 20.0 Å². The molecule has 0 spiro atoms. The highest BCUT2D eigenvalue weighted by atomic mass is 16.5. The Bertz CT molecular complexity index is 644. The van der Waals surface area contributed by atoms with Gasteiger partial charge in [0.25, 0.3) is 0 Å². The first-order valence-electron chi connectivity index (χ1n) is 8.73. The monoisotopic (exact) mass is 328 g/mol. The van der Waals surface area contributed by atoms with Crippen LogP contribution in [0.3, 0.4) is 0 Å². The van der Waals surface area contributed by atoms with E-state index >= 15 is 0 Å². The Morgan fingerprint density at radius 2 is 1.83 bits per heavy atom. The van der Waals surface area contributed by atoms with Crippen molar-refractivity contribution in [2.24, 2.45) is 7.05 Å². The molecule has 0 bridgehead atoms. The molecule has 0 aliphatic carbocycles. The van der Waals surface area contributed by atoms with Gasteiger partial charge in [0.05, 0.1) is 18.4 Å². The molecule has 2 aromatic rings. The highest BCUT2D eigenvalue weighted by Gasteiger charge is 2.22. The number of rotatable bonds is 6. The van der Waals surface area contributed by atoms with Crippen LogP contribution in [0, 0.1) is 0 Å². The second-order valence-electron chi connectivity index (χ2n) is 6.85. The van der Waals surface area contributed by atoms with Gasteiger partial charge in [-0.2, -0.15) is 5.10 Å². The van der Waals surface area contributed by atoms with Crippen LogP contribution in [0.5, 0.6) is 0 Å². The van der Waals surface area contributed by atoms with Crippen LogP contribution in [-0.2, 0) is 31.4 Å². The summed E-state index contributed by atoms with van der Waals surface area (Å²) in [6.45, 7) is 9.02. The van der Waals surface area contributed by atoms with Crippen molar-refractivity contribution in [3.8, 4) is 0 Å². The van der Waals surface area contributed by atoms with Crippen LogP contribution in [-0.4, -0.2) is 40.0 Å². The quantitative estimate of drug-likeness (QED) is 0.884. The zero-order valence-corrected chi connectivity index (χ0v) is 14.9. The van der Waals surface area contributed by atoms with E-state index in [1.807, 2.05) is 17.9 Å². The topological polar surface area (TPSA) is 42.3 Å². The SMILES string of the molecule is C[C@H]1CN(Cc2ccccc2CNCc2cnn(C)c2)C[C@H](C)O1. The number of benzene rings is 1. The Kier molecular flexibility index (Phi) is 5.66. The van der Waals surface area contributed by atoms with Crippen molar-refractivity contribution in [2.45, 2.75) is 45.7 Å². The van der Waals surface area contributed by atoms with Crippen molar-refractivity contribution >= 4 is 0 Å². The minimum Gasteiger partial charge on any atom is -0.373 e. The molecule has 0 amide bonds. The molecule has 1 aromatic carbocycles. The normalized spacial score (nSPS) is 22.0. The van der Waals surface area contributed by atoms with E-state index in [0.29, 0.717) is 12.2 Å². The van der Waals surface area contributed by atoms with Crippen molar-refractivity contribution < 1.29 is 4.74 Å². The van der Waals surface area contributed by atoms with Gasteiger partial charge < -0.3 is 10.1 Å². The molecule has 2 atom stereocenters. The molecule has 1 fully saturated rings. The van der Waals surface area contributed by atoms with Gasteiger partial charge in [0.15, 0.2) is 0 Å². The lowest BCUT2D eigenvalue weighted by molar-refractivity contribution is -0.0705. The van der Waals surface area contributed by atoms with Crippen molar-refractivity contribution in [1.29, 1.82) is 0 Å². The van der Waals surface area contributed by atoms with Crippen LogP contribution in [0.15, 0.2) is 36.7 Å². The third-order valence-corrected chi connectivity index (χ3v) is 4.41. The first kappa shape index (κ1) is 17.1. The summed E-state index contributed by atoms with van der Waals surface area (Å²) in [4.78, 5) is 2.50. The standard InChI is InChI=1S/C19H28N4O/c1-15-11-23(12-16(2)24-15)14-19-7-5-4-6-18(19)10-20-8-17-9-21-22(3)13-17/h4-7,9,13,15-16,20H,8,10-12,14H2,1-3H3/t15-,16-/m0/s1. The molecule has 1 aliphatic rings. The van der Waals surface area contributed by atoms with Gasteiger partial charge in [-0.05, 0) is 25.0 Å². The fraction of sp³-hybridized carbons (Fsp3) is 0.526. The molecule has 1 aliphatic heterocycles. The molecular weight excluding hydrogens is 300 g/mol. The maximum atomic E-state index is 5.84. The first-order chi connectivity index (χ1) is 11.6. The van der Waals surface area contributed by atoms with Crippen LogP contribution >= 0.6 is 0 Å². The molecule has 0 saturated carbocycles. The molecule has 5 heteroatoms. The molecule has 0 unspecified atom stereocenters. The predicted molar refractivity (Wildman–Crippen MR) is 95.5 cm³/mol. The van der Waals surface area contributed by atoms with E-state index in [1.165, 1.54) is 16.7 Å². The molecule has 2 heterocycles. The fourth-order valence-electron chi connectivity index (χ4n) is 3.44. The summed E-state index contributed by atoms with van der Waals surface area (Å²) in [6, 6.07) is 8.72. The second kappa shape index (κ2) is 7.92. The Morgan fingerprint density at radius 1 is 1.12 bits per heavy atom. The van der Waals surface area contributed by atoms with E-state index in [4.69, 9.17) is 4.74 Å². The number of nitrogens with one attached hydrogen (secondary N) is 1. The summed E-state index contributed by atoms with van der Waals surface area (Å²) in [5.41, 5.74) is 3.98. The van der Waals surface area contributed by atoms with Gasteiger partial charge in [-0.3, -0.25) is 9.58 Å². The Hall–Kier alpha value is -1.69. The van der Waals surface area contributed by atoms with E-state index in [9.17, 15) is 0 Å². The Morgan fingerprint density at radius 3 is 2.50 bits per heavy atom. The summed E-state index contributed by atoms with van der Waals surface area (Å²) >= 11 is 0. The van der Waals surface area contributed by atoms with Crippen molar-refractivity contribution in [2.75, 3.05) is 13.1 Å². The maximum Gasteiger partial charge on any atom is 0.0678 e. The van der Waals surface area contributed by atoms with E-state index in [0.717, 1.165) is 32.7 Å². The third-order valence-electron chi connectivity index (χ3n) is 4.41. The number of hydrogen-bond donors (Lipinski definition) is 1. The van der Waals surface area contributed by atoms with Gasteiger partial charge in [0.1, 0.15) is 0 Å². The average molecular weight is 328 g/mol. The molecule has 1 saturated heterocycles. The van der Waals surface area contributed by atoms with Gasteiger partial charge in [-0.15, -0.1) is 0 Å². The highest BCUT2D eigenvalue weighted by molar-refractivity contribution is 5.27. The van der Waals surface area contributed by atoms with Crippen LogP contribution in [0.25, 0.3) is 0 Å². The van der Waals surface area contributed by atoms with Crippen molar-refractivity contribution in [3.63, 3.8) is 0 Å². The summed E-state index contributed by atoms with van der Waals surface area (Å²) in [5, 5.41) is 7.74. The molecule has 5 nitrogen and oxygen atoms in total. The minimum absolute atomic E-state index is 0.310. The largest absolute Gasteiger partial charge is 0.373 e. The molecule has 1 aromatic heterocycles. The molecule has 24 heavy (non-hydrogen) atoms. The zero-order valence-electron chi connectivity index (χ0n) is 14.9. The van der Waals surface area contributed by atoms with E-state index < -0.39 is 0 Å².